The highest BCUT2D eigenvalue weighted by atomic mass is 32.2. The molecule has 2 aromatic rings. The molecule has 1 aliphatic heterocycles. The second-order valence-electron chi connectivity index (χ2n) is 13.7. The van der Waals surface area contributed by atoms with E-state index in [9.17, 15) is 43.1 Å². The Labute approximate surface area is 323 Å². The summed E-state index contributed by atoms with van der Waals surface area (Å²) in [5, 5.41) is 34.5. The molecule has 2 aromatic carbocycles. The molecule has 0 bridgehead atoms. The van der Waals surface area contributed by atoms with Crippen molar-refractivity contribution in [1.29, 1.82) is 0 Å². The Kier molecular flexibility index (Phi) is 16.3. The first-order valence-corrected chi connectivity index (χ1v) is 19.6. The number of carboxylic acids is 3. The number of carbonyl (C=O) groups excluding carboxylic acids is 1. The van der Waals surface area contributed by atoms with Crippen LogP contribution >= 0.6 is 0 Å². The minimum atomic E-state index is -1.10. The molecule has 0 aromatic heterocycles. The Morgan fingerprint density at radius 2 is 1.22 bits per heavy atom. The van der Waals surface area contributed by atoms with Crippen molar-refractivity contribution < 1.29 is 43.1 Å². The smallest absolute Gasteiger partial charge is 0.317 e. The van der Waals surface area contributed by atoms with Crippen LogP contribution in [0.5, 0.6) is 0 Å². The summed E-state index contributed by atoms with van der Waals surface area (Å²) in [6, 6.07) is 12.0. The lowest BCUT2D eigenvalue weighted by molar-refractivity contribution is -0.140. The second kappa shape index (κ2) is 20.8. The largest absolute Gasteiger partial charge is 0.480 e. The molecule has 16 heteroatoms. The van der Waals surface area contributed by atoms with E-state index in [0.29, 0.717) is 83.3 Å². The number of hydrogen-bond donors (Lipinski definition) is 5. The summed E-state index contributed by atoms with van der Waals surface area (Å²) in [4.78, 5) is 55.7. The van der Waals surface area contributed by atoms with Gasteiger partial charge in [-0.25, -0.2) is 4.39 Å². The quantitative estimate of drug-likeness (QED) is 0.156. The summed E-state index contributed by atoms with van der Waals surface area (Å²) in [6.45, 7) is 9.48. The van der Waals surface area contributed by atoms with E-state index in [4.69, 9.17) is 0 Å². The van der Waals surface area contributed by atoms with Crippen molar-refractivity contribution in [3.8, 4) is 0 Å². The van der Waals surface area contributed by atoms with Crippen LogP contribution in [0.15, 0.2) is 65.2 Å². The van der Waals surface area contributed by atoms with E-state index in [1.165, 1.54) is 12.1 Å². The molecular weight excluding hydrogens is 732 g/mol. The Morgan fingerprint density at radius 1 is 0.745 bits per heavy atom. The predicted octanol–water partition coefficient (Wildman–Crippen LogP) is 1.98. The highest BCUT2D eigenvalue weighted by Crippen LogP contribution is 2.43. The van der Waals surface area contributed by atoms with Gasteiger partial charge < -0.3 is 26.0 Å². The van der Waals surface area contributed by atoms with Crippen LogP contribution in [0.1, 0.15) is 30.0 Å². The first kappa shape index (κ1) is 43.0. The fraction of sp³-hybridized carbons (Fsp3) is 0.436. The Morgan fingerprint density at radius 3 is 1.69 bits per heavy atom. The fourth-order valence-corrected chi connectivity index (χ4v) is 7.20. The molecule has 2 aliphatic rings. The molecule has 0 spiro atoms. The van der Waals surface area contributed by atoms with Gasteiger partial charge in [-0.3, -0.25) is 43.0 Å². The average molecular weight is 783 g/mol. The maximum absolute atomic E-state index is 14.4. The number of aliphatic carboxylic acids is 3. The molecular formula is C39H51FN6O8S. The lowest BCUT2D eigenvalue weighted by Gasteiger charge is -2.33. The average Bonchev–Trinajstić information content (AvgIpc) is 3.35. The van der Waals surface area contributed by atoms with Crippen molar-refractivity contribution in [3.05, 3.63) is 82.8 Å². The molecule has 55 heavy (non-hydrogen) atoms. The zero-order chi connectivity index (χ0) is 40.1. The van der Waals surface area contributed by atoms with Crippen molar-refractivity contribution in [2.45, 2.75) is 18.2 Å². The summed E-state index contributed by atoms with van der Waals surface area (Å²) < 4.78 is 26.2. The second-order valence-corrected chi connectivity index (χ2v) is 15.1. The molecule has 1 atom stereocenters. The Bertz CT molecular complexity index is 1790. The number of rotatable bonds is 16. The number of carboxylic acid groups (broad SMARTS) is 3. The first-order valence-electron chi connectivity index (χ1n) is 18.1. The van der Waals surface area contributed by atoms with Crippen LogP contribution in [0.4, 0.5) is 4.39 Å². The number of nitrogens with one attached hydrogen (secondary N) is 2. The topological polar surface area (TPSA) is 183 Å². The van der Waals surface area contributed by atoms with Gasteiger partial charge in [0.2, 0.25) is 5.91 Å². The highest BCUT2D eigenvalue weighted by molar-refractivity contribution is 7.84. The van der Waals surface area contributed by atoms with Crippen LogP contribution in [0.2, 0.25) is 0 Å². The molecule has 1 unspecified atom stereocenters. The van der Waals surface area contributed by atoms with E-state index in [-0.39, 0.29) is 32.0 Å². The molecule has 1 heterocycles. The number of fused-ring (bicyclic) bond motifs is 1. The van der Waals surface area contributed by atoms with Gasteiger partial charge in [0, 0.05) is 99.6 Å². The molecule has 14 nitrogen and oxygen atoms in total. The van der Waals surface area contributed by atoms with E-state index in [2.05, 4.69) is 22.1 Å². The summed E-state index contributed by atoms with van der Waals surface area (Å²) in [7, 11) is -1.10. The third-order valence-electron chi connectivity index (χ3n) is 9.56. The van der Waals surface area contributed by atoms with Crippen molar-refractivity contribution >= 4 is 51.8 Å². The number of carbonyl (C=O) groups is 4. The molecule has 1 saturated heterocycles. The van der Waals surface area contributed by atoms with Crippen molar-refractivity contribution in [3.63, 3.8) is 0 Å². The molecule has 0 radical (unpaired) electrons. The number of halogens is 1. The number of allylic oxidation sites excluding steroid dienone is 2. The molecule has 5 N–H and O–H groups in total. The molecule has 1 amide bonds. The normalized spacial score (nSPS) is 17.9. The number of amides is 1. The van der Waals surface area contributed by atoms with Crippen molar-refractivity contribution in [1.82, 2.24) is 30.2 Å². The standard InChI is InChI=1S/C39H51FN6O8S/c1-27(23-43-12-14-44(24-37(48)49)16-18-46(26-39(52)53)19-17-45(15-13-43)25-38(50)51)41-10-11-42-36(47)22-34-28(2)33(32-9-6-30(40)21-35(32)34)20-29-4-7-31(8-5-29)55(3)54/h4-9,20-21,41H,1,10-19,22-26H2,2-3H3,(H,42,47)(H,48,49)(H,50,51)(H,52,53)/b33-20-. The van der Waals surface area contributed by atoms with Gasteiger partial charge in [-0.15, -0.1) is 0 Å². The summed E-state index contributed by atoms with van der Waals surface area (Å²) in [5.74, 6) is -3.62. The predicted molar refractivity (Wildman–Crippen MR) is 209 cm³/mol. The van der Waals surface area contributed by atoms with Crippen LogP contribution in [-0.2, 0) is 30.0 Å². The maximum Gasteiger partial charge on any atom is 0.317 e. The van der Waals surface area contributed by atoms with Gasteiger partial charge in [-0.2, -0.15) is 0 Å². The monoisotopic (exact) mass is 782 g/mol. The zero-order valence-corrected chi connectivity index (χ0v) is 32.2. The van der Waals surface area contributed by atoms with Gasteiger partial charge in [0.15, 0.2) is 0 Å². The third-order valence-corrected chi connectivity index (χ3v) is 10.5. The molecule has 1 fully saturated rings. The fourth-order valence-electron chi connectivity index (χ4n) is 6.68. The van der Waals surface area contributed by atoms with Gasteiger partial charge in [-0.1, -0.05) is 24.8 Å². The van der Waals surface area contributed by atoms with Crippen LogP contribution < -0.4 is 10.6 Å². The summed E-state index contributed by atoms with van der Waals surface area (Å²) in [5.41, 5.74) is 5.56. The molecule has 4 rings (SSSR count). The van der Waals surface area contributed by atoms with Gasteiger partial charge in [0.1, 0.15) is 5.82 Å². The Balaban J connectivity index is 1.34. The lowest BCUT2D eigenvalue weighted by atomic mass is 10.0. The first-order chi connectivity index (χ1) is 26.2. The van der Waals surface area contributed by atoms with Gasteiger partial charge in [0.05, 0.1) is 26.1 Å². The third kappa shape index (κ3) is 13.8. The number of benzene rings is 2. The number of nitrogens with zero attached hydrogens (tertiary/aromatic N) is 4. The van der Waals surface area contributed by atoms with Gasteiger partial charge in [0.25, 0.3) is 0 Å². The molecule has 0 saturated carbocycles. The van der Waals surface area contributed by atoms with Gasteiger partial charge >= 0.3 is 17.9 Å². The minimum absolute atomic E-state index is 0.0514. The number of hydrogen-bond acceptors (Lipinski definition) is 10. The van der Waals surface area contributed by atoms with Crippen molar-refractivity contribution in [2.24, 2.45) is 0 Å². The van der Waals surface area contributed by atoms with E-state index in [0.717, 1.165) is 32.7 Å². The van der Waals surface area contributed by atoms with E-state index in [1.54, 1.807) is 27.0 Å². The van der Waals surface area contributed by atoms with E-state index >= 15 is 0 Å². The summed E-state index contributed by atoms with van der Waals surface area (Å²) in [6.07, 6.45) is 3.65. The van der Waals surface area contributed by atoms with Crippen molar-refractivity contribution in [2.75, 3.05) is 97.9 Å². The molecule has 298 valence electrons. The van der Waals surface area contributed by atoms with E-state index < -0.39 is 34.5 Å². The highest BCUT2D eigenvalue weighted by Gasteiger charge is 2.26. The minimum Gasteiger partial charge on any atom is -0.480 e. The molecule has 1 aliphatic carbocycles. The zero-order valence-electron chi connectivity index (χ0n) is 31.4. The maximum atomic E-state index is 14.4. The van der Waals surface area contributed by atoms with Crippen LogP contribution in [0, 0.1) is 5.82 Å². The van der Waals surface area contributed by atoms with Crippen LogP contribution in [0.25, 0.3) is 17.2 Å². The Hall–Kier alpha value is -4.74. The van der Waals surface area contributed by atoms with E-state index in [1.807, 2.05) is 37.3 Å². The summed E-state index contributed by atoms with van der Waals surface area (Å²) >= 11 is 0. The SMILES string of the molecule is C=C(CN1CCN(CC(=O)O)CCN(CC(=O)O)CCN(CC(=O)O)CC1)NCCNC(=O)CC1=C(C)/C(=C/c2ccc(S(C)=O)cc2)c2ccc(F)cc21. The van der Waals surface area contributed by atoms with Crippen LogP contribution in [0.3, 0.4) is 0 Å². The van der Waals surface area contributed by atoms with Crippen LogP contribution in [-0.4, -0.2) is 161 Å². The van der Waals surface area contributed by atoms with Gasteiger partial charge in [-0.05, 0) is 70.7 Å². The lowest BCUT2D eigenvalue weighted by Crippen LogP contribution is -2.49.